The SMILES string of the molecule is CC[C@H](Oc1ccccc1)C(=O)OC[C@@H]1CCCN2CCCC[C@H]12. The second-order valence-corrected chi connectivity index (χ2v) is 6.96. The maximum Gasteiger partial charge on any atom is 0.347 e. The summed E-state index contributed by atoms with van der Waals surface area (Å²) < 4.78 is 11.5. The van der Waals surface area contributed by atoms with Gasteiger partial charge < -0.3 is 9.47 Å². The van der Waals surface area contributed by atoms with Gasteiger partial charge in [-0.3, -0.25) is 4.90 Å². The Morgan fingerprint density at radius 1 is 1.17 bits per heavy atom. The molecule has 3 atom stereocenters. The van der Waals surface area contributed by atoms with E-state index in [0.717, 1.165) is 5.75 Å². The number of carbonyl (C=O) groups is 1. The molecule has 2 saturated heterocycles. The molecule has 4 nitrogen and oxygen atoms in total. The van der Waals surface area contributed by atoms with E-state index < -0.39 is 6.10 Å². The van der Waals surface area contributed by atoms with Crippen LogP contribution in [0, 0.1) is 5.92 Å². The number of esters is 1. The van der Waals surface area contributed by atoms with E-state index in [1.54, 1.807) is 0 Å². The van der Waals surface area contributed by atoms with E-state index in [-0.39, 0.29) is 5.97 Å². The van der Waals surface area contributed by atoms with Crippen molar-refractivity contribution in [1.82, 2.24) is 4.90 Å². The van der Waals surface area contributed by atoms with Crippen LogP contribution in [0.15, 0.2) is 30.3 Å². The van der Waals surface area contributed by atoms with Crippen molar-refractivity contribution < 1.29 is 14.3 Å². The van der Waals surface area contributed by atoms with Crippen molar-refractivity contribution in [2.45, 2.75) is 57.6 Å². The van der Waals surface area contributed by atoms with E-state index in [0.29, 0.717) is 25.0 Å². The first-order chi connectivity index (χ1) is 11.8. The van der Waals surface area contributed by atoms with Crippen molar-refractivity contribution in [3.63, 3.8) is 0 Å². The maximum atomic E-state index is 12.4. The average molecular weight is 331 g/mol. The van der Waals surface area contributed by atoms with Crippen molar-refractivity contribution in [1.29, 1.82) is 0 Å². The van der Waals surface area contributed by atoms with Gasteiger partial charge in [-0.2, -0.15) is 0 Å². The predicted molar refractivity (Wildman–Crippen MR) is 94.0 cm³/mol. The van der Waals surface area contributed by atoms with E-state index in [4.69, 9.17) is 9.47 Å². The molecule has 0 aliphatic carbocycles. The molecule has 0 radical (unpaired) electrons. The number of rotatable bonds is 6. The van der Waals surface area contributed by atoms with Gasteiger partial charge >= 0.3 is 5.97 Å². The van der Waals surface area contributed by atoms with Crippen molar-refractivity contribution in [2.24, 2.45) is 5.92 Å². The van der Waals surface area contributed by atoms with Gasteiger partial charge in [0.2, 0.25) is 0 Å². The third-order valence-electron chi connectivity index (χ3n) is 5.32. The monoisotopic (exact) mass is 331 g/mol. The van der Waals surface area contributed by atoms with Gasteiger partial charge in [0, 0.05) is 12.0 Å². The molecule has 3 rings (SSSR count). The molecule has 24 heavy (non-hydrogen) atoms. The first-order valence-electron chi connectivity index (χ1n) is 9.40. The standard InChI is InChI=1S/C20H29NO3/c1-2-19(24-17-10-4-3-5-11-17)20(22)23-15-16-9-8-14-21-13-7-6-12-18(16)21/h3-5,10-11,16,18-19H,2,6-9,12-15H2,1H3/t16-,18+,19-/m0/s1. The molecule has 4 heteroatoms. The first kappa shape index (κ1) is 17.3. The van der Waals surface area contributed by atoms with Gasteiger partial charge in [-0.15, -0.1) is 0 Å². The minimum atomic E-state index is -0.515. The molecular weight excluding hydrogens is 302 g/mol. The van der Waals surface area contributed by atoms with Gasteiger partial charge in [0.1, 0.15) is 5.75 Å². The van der Waals surface area contributed by atoms with Crippen LogP contribution in [0.4, 0.5) is 0 Å². The van der Waals surface area contributed by atoms with Crippen LogP contribution in [0.25, 0.3) is 0 Å². The second-order valence-electron chi connectivity index (χ2n) is 6.96. The normalized spacial score (nSPS) is 25.5. The lowest BCUT2D eigenvalue weighted by Gasteiger charge is -2.44. The van der Waals surface area contributed by atoms with Crippen LogP contribution in [-0.2, 0) is 9.53 Å². The lowest BCUT2D eigenvalue weighted by atomic mass is 9.84. The summed E-state index contributed by atoms with van der Waals surface area (Å²) in [5.74, 6) is 0.976. The number of hydrogen-bond acceptors (Lipinski definition) is 4. The van der Waals surface area contributed by atoms with E-state index in [2.05, 4.69) is 4.90 Å². The zero-order chi connectivity index (χ0) is 16.8. The summed E-state index contributed by atoms with van der Waals surface area (Å²) in [6.45, 7) is 4.92. The Hall–Kier alpha value is -1.55. The van der Waals surface area contributed by atoms with Gasteiger partial charge in [0.25, 0.3) is 0 Å². The highest BCUT2D eigenvalue weighted by atomic mass is 16.6. The highest BCUT2D eigenvalue weighted by Gasteiger charge is 2.34. The van der Waals surface area contributed by atoms with Crippen molar-refractivity contribution in [2.75, 3.05) is 19.7 Å². The van der Waals surface area contributed by atoms with Gasteiger partial charge in [-0.05, 0) is 57.3 Å². The molecule has 2 aliphatic heterocycles. The van der Waals surface area contributed by atoms with Gasteiger partial charge in [0.15, 0.2) is 6.10 Å². The van der Waals surface area contributed by atoms with E-state index in [1.165, 1.54) is 45.2 Å². The number of benzene rings is 1. The molecule has 0 amide bonds. The molecule has 2 fully saturated rings. The van der Waals surface area contributed by atoms with Crippen molar-refractivity contribution in [3.05, 3.63) is 30.3 Å². The summed E-state index contributed by atoms with van der Waals surface area (Å²) in [6.07, 6.45) is 6.36. The molecule has 0 saturated carbocycles. The Labute approximate surface area is 145 Å². The van der Waals surface area contributed by atoms with Gasteiger partial charge in [0.05, 0.1) is 6.61 Å². The van der Waals surface area contributed by atoms with Gasteiger partial charge in [-0.1, -0.05) is 31.5 Å². The lowest BCUT2D eigenvalue weighted by Crippen LogP contribution is -2.49. The number of nitrogens with zero attached hydrogens (tertiary/aromatic N) is 1. The van der Waals surface area contributed by atoms with Crippen LogP contribution < -0.4 is 4.74 Å². The first-order valence-corrected chi connectivity index (χ1v) is 9.40. The summed E-state index contributed by atoms with van der Waals surface area (Å²) in [4.78, 5) is 15.0. The van der Waals surface area contributed by atoms with Crippen LogP contribution in [-0.4, -0.2) is 42.7 Å². The topological polar surface area (TPSA) is 38.8 Å². The molecule has 0 spiro atoms. The average Bonchev–Trinajstić information content (AvgIpc) is 2.65. The zero-order valence-corrected chi connectivity index (χ0v) is 14.7. The second kappa shape index (κ2) is 8.52. The van der Waals surface area contributed by atoms with E-state index in [9.17, 15) is 4.79 Å². The highest BCUT2D eigenvalue weighted by Crippen LogP contribution is 2.31. The number of ether oxygens (including phenoxy) is 2. The van der Waals surface area contributed by atoms with Crippen LogP contribution in [0.3, 0.4) is 0 Å². The molecule has 0 bridgehead atoms. The number of para-hydroxylation sites is 1. The molecular formula is C20H29NO3. The van der Waals surface area contributed by atoms with Gasteiger partial charge in [-0.25, -0.2) is 4.79 Å². The number of carbonyl (C=O) groups excluding carboxylic acids is 1. The van der Waals surface area contributed by atoms with Crippen LogP contribution in [0.1, 0.15) is 45.4 Å². The van der Waals surface area contributed by atoms with Crippen LogP contribution in [0.2, 0.25) is 0 Å². The summed E-state index contributed by atoms with van der Waals surface area (Å²) in [6, 6.07) is 10.1. The summed E-state index contributed by atoms with van der Waals surface area (Å²) in [7, 11) is 0. The third kappa shape index (κ3) is 4.29. The largest absolute Gasteiger partial charge is 0.479 e. The minimum absolute atomic E-state index is 0.228. The fourth-order valence-electron chi connectivity index (χ4n) is 4.02. The van der Waals surface area contributed by atoms with Crippen molar-refractivity contribution in [3.8, 4) is 5.75 Å². The Morgan fingerprint density at radius 2 is 1.96 bits per heavy atom. The molecule has 0 unspecified atom stereocenters. The molecule has 1 aromatic rings. The maximum absolute atomic E-state index is 12.4. The molecule has 1 aromatic carbocycles. The zero-order valence-electron chi connectivity index (χ0n) is 14.7. The lowest BCUT2D eigenvalue weighted by molar-refractivity contribution is -0.155. The highest BCUT2D eigenvalue weighted by molar-refractivity contribution is 5.75. The van der Waals surface area contributed by atoms with E-state index in [1.807, 2.05) is 37.3 Å². The molecule has 132 valence electrons. The van der Waals surface area contributed by atoms with Crippen LogP contribution in [0.5, 0.6) is 5.75 Å². The fraction of sp³-hybridized carbons (Fsp3) is 0.650. The van der Waals surface area contributed by atoms with E-state index >= 15 is 0 Å². The Kier molecular flexibility index (Phi) is 6.13. The summed E-state index contributed by atoms with van der Waals surface area (Å²) in [5.41, 5.74) is 0. The Balaban J connectivity index is 1.51. The van der Waals surface area contributed by atoms with Crippen molar-refractivity contribution >= 4 is 5.97 Å². The number of fused-ring (bicyclic) bond motifs is 1. The molecule has 0 aromatic heterocycles. The molecule has 2 heterocycles. The third-order valence-corrected chi connectivity index (χ3v) is 5.32. The summed E-state index contributed by atoms with van der Waals surface area (Å²) in [5, 5.41) is 0. The molecule has 2 aliphatic rings. The smallest absolute Gasteiger partial charge is 0.347 e. The quantitative estimate of drug-likeness (QED) is 0.746. The minimum Gasteiger partial charge on any atom is -0.479 e. The fourth-order valence-corrected chi connectivity index (χ4v) is 4.02. The number of piperidine rings is 2. The Morgan fingerprint density at radius 3 is 2.75 bits per heavy atom. The molecule has 0 N–H and O–H groups in total. The Bertz CT molecular complexity index is 517. The number of hydrogen-bond donors (Lipinski definition) is 0. The summed E-state index contributed by atoms with van der Waals surface area (Å²) >= 11 is 0. The predicted octanol–water partition coefficient (Wildman–Crippen LogP) is 3.65. The van der Waals surface area contributed by atoms with Crippen LogP contribution >= 0.6 is 0 Å².